The van der Waals surface area contributed by atoms with Gasteiger partial charge in [0, 0.05) is 0 Å². The summed E-state index contributed by atoms with van der Waals surface area (Å²) < 4.78 is 39.1. The molecule has 16 heavy (non-hydrogen) atoms. The first-order valence-corrected chi connectivity index (χ1v) is 5.80. The monoisotopic (exact) mass is 245 g/mol. The highest BCUT2D eigenvalue weighted by atomic mass is 32.3. The summed E-state index contributed by atoms with van der Waals surface area (Å²) in [5.74, 6) is 0. The lowest BCUT2D eigenvalue weighted by molar-refractivity contribution is 0.169. The van der Waals surface area contributed by atoms with Crippen molar-refractivity contribution >= 4 is 16.5 Å². The third-order valence-electron chi connectivity index (χ3n) is 2.25. The second kappa shape index (κ2) is 3.75. The summed E-state index contributed by atoms with van der Waals surface area (Å²) in [5, 5.41) is 0. The number of nitrogens with zero attached hydrogens (tertiary/aromatic N) is 1. The number of halogens is 1. The third kappa shape index (κ3) is 1.85. The van der Waals surface area contributed by atoms with Gasteiger partial charge in [0.2, 0.25) is 0 Å². The molecule has 0 N–H and O–H groups in total. The fourth-order valence-electron chi connectivity index (χ4n) is 1.56. The summed E-state index contributed by atoms with van der Waals surface area (Å²) in [6.07, 6.45) is -1.18. The van der Waals surface area contributed by atoms with E-state index in [9.17, 15) is 17.1 Å². The maximum atomic E-state index is 12.9. The third-order valence-corrected chi connectivity index (χ3v) is 3.12. The second-order valence-electron chi connectivity index (χ2n) is 3.24. The number of cyclic esters (lactones) is 1. The number of hydrogen-bond acceptors (Lipinski definition) is 4. The van der Waals surface area contributed by atoms with E-state index in [2.05, 4.69) is 4.74 Å². The van der Waals surface area contributed by atoms with E-state index in [0.717, 1.165) is 0 Å². The van der Waals surface area contributed by atoms with Crippen LogP contribution in [0.25, 0.3) is 0 Å². The Kier molecular flexibility index (Phi) is 2.55. The van der Waals surface area contributed by atoms with Crippen LogP contribution in [-0.2, 0) is 15.1 Å². The minimum atomic E-state index is -5.09. The zero-order valence-corrected chi connectivity index (χ0v) is 8.85. The Balaban J connectivity index is 2.40. The van der Waals surface area contributed by atoms with Crippen molar-refractivity contribution in [3.63, 3.8) is 0 Å². The number of amides is 1. The first-order chi connectivity index (χ1) is 7.50. The predicted molar refractivity (Wildman–Crippen MR) is 52.4 cm³/mol. The largest absolute Gasteiger partial charge is 0.446 e. The Labute approximate surface area is 91.8 Å². The molecule has 1 atom stereocenters. The van der Waals surface area contributed by atoms with Gasteiger partial charge >= 0.3 is 16.5 Å². The number of benzene rings is 1. The Bertz CT molecular complexity index is 502. The van der Waals surface area contributed by atoms with Crippen LogP contribution < -0.4 is 0 Å². The van der Waals surface area contributed by atoms with Crippen LogP contribution in [0.15, 0.2) is 30.3 Å². The van der Waals surface area contributed by atoms with Crippen molar-refractivity contribution in [2.45, 2.75) is 6.04 Å². The standard InChI is InChI=1S/C9H8FNO4S/c10-16(13,14)11-8(6-15-9(11)12)7-4-2-1-3-5-7/h1-5,8H,6H2. The topological polar surface area (TPSA) is 63.7 Å². The molecular formula is C9H8FNO4S. The Morgan fingerprint density at radius 3 is 2.50 bits per heavy atom. The Morgan fingerprint density at radius 1 is 1.31 bits per heavy atom. The van der Waals surface area contributed by atoms with Crippen LogP contribution in [-0.4, -0.2) is 25.4 Å². The molecule has 1 saturated heterocycles. The van der Waals surface area contributed by atoms with Gasteiger partial charge in [-0.05, 0) is 5.56 Å². The number of hydrogen-bond donors (Lipinski definition) is 0. The molecule has 0 radical (unpaired) electrons. The van der Waals surface area contributed by atoms with E-state index in [4.69, 9.17) is 0 Å². The molecule has 7 heteroatoms. The summed E-state index contributed by atoms with van der Waals surface area (Å²) in [6, 6.07) is 7.34. The van der Waals surface area contributed by atoms with Gasteiger partial charge in [-0.1, -0.05) is 34.2 Å². The lowest BCUT2D eigenvalue weighted by Crippen LogP contribution is -2.31. The van der Waals surface area contributed by atoms with Crippen molar-refractivity contribution in [2.75, 3.05) is 6.61 Å². The minimum absolute atomic E-state index is 0.113. The first kappa shape index (κ1) is 10.9. The van der Waals surface area contributed by atoms with Crippen molar-refractivity contribution < 1.29 is 21.8 Å². The van der Waals surface area contributed by atoms with Crippen molar-refractivity contribution in [3.05, 3.63) is 35.9 Å². The molecular weight excluding hydrogens is 237 g/mol. The zero-order chi connectivity index (χ0) is 11.8. The molecule has 1 unspecified atom stereocenters. The lowest BCUT2D eigenvalue weighted by Gasteiger charge is -2.16. The molecule has 1 aromatic carbocycles. The SMILES string of the molecule is O=C1OCC(c2ccccc2)N1S(=O)(=O)F. The second-order valence-corrected chi connectivity index (χ2v) is 4.46. The molecule has 0 aromatic heterocycles. The summed E-state index contributed by atoms with van der Waals surface area (Å²) >= 11 is 0. The lowest BCUT2D eigenvalue weighted by atomic mass is 10.1. The maximum absolute atomic E-state index is 12.9. The van der Waals surface area contributed by atoms with Crippen LogP contribution in [0, 0.1) is 0 Å². The Hall–Kier alpha value is -1.63. The van der Waals surface area contributed by atoms with Crippen LogP contribution in [0.3, 0.4) is 0 Å². The van der Waals surface area contributed by atoms with Crippen molar-refractivity contribution in [3.8, 4) is 0 Å². The number of rotatable bonds is 2. The molecule has 1 amide bonds. The fraction of sp³-hybridized carbons (Fsp3) is 0.222. The number of carbonyl (C=O) groups excluding carboxylic acids is 1. The zero-order valence-electron chi connectivity index (χ0n) is 8.04. The number of ether oxygens (including phenoxy) is 1. The van der Waals surface area contributed by atoms with Crippen LogP contribution in [0.2, 0.25) is 0 Å². The molecule has 2 rings (SSSR count). The van der Waals surface area contributed by atoms with E-state index in [0.29, 0.717) is 5.56 Å². The predicted octanol–water partition coefficient (Wildman–Crippen LogP) is 1.39. The van der Waals surface area contributed by atoms with Crippen molar-refractivity contribution in [1.82, 2.24) is 4.31 Å². The molecule has 0 spiro atoms. The van der Waals surface area contributed by atoms with Crippen LogP contribution in [0.4, 0.5) is 8.68 Å². The van der Waals surface area contributed by atoms with Gasteiger partial charge in [0.05, 0.1) is 0 Å². The fourth-order valence-corrected chi connectivity index (χ4v) is 2.27. The molecule has 0 bridgehead atoms. The van der Waals surface area contributed by atoms with E-state index in [1.54, 1.807) is 30.3 Å². The highest BCUT2D eigenvalue weighted by Crippen LogP contribution is 2.30. The van der Waals surface area contributed by atoms with Gasteiger partial charge in [-0.2, -0.15) is 12.7 Å². The average molecular weight is 245 g/mol. The van der Waals surface area contributed by atoms with Crippen LogP contribution >= 0.6 is 0 Å². The van der Waals surface area contributed by atoms with E-state index in [1.165, 1.54) is 0 Å². The van der Waals surface area contributed by atoms with Gasteiger partial charge in [0.25, 0.3) is 0 Å². The summed E-state index contributed by atoms with van der Waals surface area (Å²) in [5.41, 5.74) is 0.509. The van der Waals surface area contributed by atoms with Gasteiger partial charge < -0.3 is 4.74 Å². The van der Waals surface area contributed by atoms with E-state index in [-0.39, 0.29) is 10.9 Å². The average Bonchev–Trinajstić information content (AvgIpc) is 2.61. The summed E-state index contributed by atoms with van der Waals surface area (Å²) in [7, 11) is -5.09. The minimum Gasteiger partial charge on any atom is -0.446 e. The van der Waals surface area contributed by atoms with Gasteiger partial charge in [-0.3, -0.25) is 0 Å². The maximum Gasteiger partial charge on any atom is 0.426 e. The quantitative estimate of drug-likeness (QED) is 0.739. The van der Waals surface area contributed by atoms with Crippen LogP contribution in [0.1, 0.15) is 11.6 Å². The molecule has 0 aliphatic carbocycles. The number of carbonyl (C=O) groups is 1. The molecule has 86 valence electrons. The van der Waals surface area contributed by atoms with Crippen molar-refractivity contribution in [2.24, 2.45) is 0 Å². The normalized spacial score (nSPS) is 20.9. The van der Waals surface area contributed by atoms with Crippen LogP contribution in [0.5, 0.6) is 0 Å². The van der Waals surface area contributed by atoms with E-state index < -0.39 is 22.5 Å². The molecule has 1 aliphatic rings. The Morgan fingerprint density at radius 2 is 1.94 bits per heavy atom. The van der Waals surface area contributed by atoms with E-state index >= 15 is 0 Å². The highest BCUT2D eigenvalue weighted by Gasteiger charge is 2.42. The molecule has 1 aliphatic heterocycles. The summed E-state index contributed by atoms with van der Waals surface area (Å²) in [4.78, 5) is 11.1. The van der Waals surface area contributed by atoms with Crippen molar-refractivity contribution in [1.29, 1.82) is 0 Å². The molecule has 1 aromatic rings. The molecule has 1 fully saturated rings. The van der Waals surface area contributed by atoms with Gasteiger partial charge in [-0.25, -0.2) is 4.79 Å². The smallest absolute Gasteiger partial charge is 0.426 e. The molecule has 0 saturated carbocycles. The molecule has 5 nitrogen and oxygen atoms in total. The van der Waals surface area contributed by atoms with Gasteiger partial charge in [0.15, 0.2) is 0 Å². The van der Waals surface area contributed by atoms with Gasteiger partial charge in [-0.15, -0.1) is 0 Å². The first-order valence-electron chi connectivity index (χ1n) is 4.46. The highest BCUT2D eigenvalue weighted by molar-refractivity contribution is 7.84. The summed E-state index contributed by atoms with van der Waals surface area (Å²) in [6.45, 7) is -0.175. The molecule has 1 heterocycles. The van der Waals surface area contributed by atoms with Gasteiger partial charge in [0.1, 0.15) is 12.6 Å². The van der Waals surface area contributed by atoms with E-state index in [1.807, 2.05) is 0 Å².